The van der Waals surface area contributed by atoms with Crippen LogP contribution < -0.4 is 22.7 Å². The number of carbonyl (C=O) groups is 4. The maximum atomic E-state index is 12.8. The minimum atomic E-state index is -0.277. The summed E-state index contributed by atoms with van der Waals surface area (Å²) in [6.45, 7) is 35.1. The van der Waals surface area contributed by atoms with Crippen molar-refractivity contribution in [3.8, 4) is 22.4 Å². The van der Waals surface area contributed by atoms with Gasteiger partial charge in [-0.15, -0.1) is 0 Å². The van der Waals surface area contributed by atoms with Gasteiger partial charge in [-0.05, 0) is 132 Å². The summed E-state index contributed by atoms with van der Waals surface area (Å²) in [6, 6.07) is 19.5. The van der Waals surface area contributed by atoms with Gasteiger partial charge in [0.1, 0.15) is 5.78 Å². The number of aromatic nitrogens is 2. The number of ketones is 1. The molecule has 1 saturated heterocycles. The van der Waals surface area contributed by atoms with Gasteiger partial charge < -0.3 is 20.8 Å². The van der Waals surface area contributed by atoms with Crippen molar-refractivity contribution in [1.29, 1.82) is 0 Å². The third-order valence-corrected chi connectivity index (χ3v) is 12.6. The van der Waals surface area contributed by atoms with Crippen LogP contribution in [0.4, 0.5) is 0 Å². The lowest BCUT2D eigenvalue weighted by Gasteiger charge is -2.53. The third-order valence-electron chi connectivity index (χ3n) is 12.6. The molecule has 5 rings (SSSR count). The number of allylic oxidation sites excluding steroid dienone is 2. The fourth-order valence-electron chi connectivity index (χ4n) is 9.03. The Kier molecular flexibility index (Phi) is 32.2. The lowest BCUT2D eigenvalue weighted by atomic mass is 9.83. The van der Waals surface area contributed by atoms with E-state index >= 15 is 0 Å². The topological polar surface area (TPSA) is 195 Å². The molecule has 0 aliphatic carbocycles. The first-order chi connectivity index (χ1) is 34.6. The first-order valence-electron chi connectivity index (χ1n) is 26.0. The Morgan fingerprint density at radius 2 is 1.59 bits per heavy atom. The number of nitrogens with two attached hydrogens (primary N) is 3. The second kappa shape index (κ2) is 34.8. The molecule has 1 aliphatic rings. The van der Waals surface area contributed by atoms with Crippen molar-refractivity contribution < 1.29 is 23.9 Å². The number of hydrogen-bond donors (Lipinski definition) is 4. The number of nitrogens with one attached hydrogen (secondary N) is 1. The summed E-state index contributed by atoms with van der Waals surface area (Å²) in [5.41, 5.74) is 21.4. The van der Waals surface area contributed by atoms with Gasteiger partial charge in [0.2, 0.25) is 12.3 Å². The first-order valence-corrected chi connectivity index (χ1v) is 26.0. The molecular weight excluding hydrogens is 915 g/mol. The Hall–Kier alpha value is -5.51. The molecule has 3 heterocycles. The van der Waals surface area contributed by atoms with Crippen LogP contribution in [-0.4, -0.2) is 109 Å². The molecule has 7 N–H and O–H groups in total. The number of fused-ring (bicyclic) bond motifs is 1. The number of aryl methyl sites for hydroxylation is 1. The highest BCUT2D eigenvalue weighted by molar-refractivity contribution is 5.95. The molecule has 73 heavy (non-hydrogen) atoms. The fourth-order valence-corrected chi connectivity index (χ4v) is 9.03. The number of nitrogens with zero attached hydrogens (tertiary/aromatic N) is 5. The largest absolute Gasteiger partial charge is 0.467 e. The Labute approximate surface area is 441 Å². The average molecular weight is 1010 g/mol. The molecule has 0 saturated carbocycles. The Morgan fingerprint density at radius 3 is 2.05 bits per heavy atom. The van der Waals surface area contributed by atoms with Crippen molar-refractivity contribution in [3.05, 3.63) is 103 Å². The lowest BCUT2D eigenvalue weighted by Crippen LogP contribution is -2.68. The van der Waals surface area contributed by atoms with E-state index in [0.29, 0.717) is 31.2 Å². The summed E-state index contributed by atoms with van der Waals surface area (Å²) in [7, 11) is 7.12. The van der Waals surface area contributed by atoms with Crippen molar-refractivity contribution in [2.24, 2.45) is 34.6 Å². The van der Waals surface area contributed by atoms with Gasteiger partial charge in [0.15, 0.2) is 0 Å². The zero-order chi connectivity index (χ0) is 56.1. The molecule has 3 atom stereocenters. The van der Waals surface area contributed by atoms with E-state index in [4.69, 9.17) is 21.3 Å². The van der Waals surface area contributed by atoms with Crippen LogP contribution in [0.3, 0.4) is 0 Å². The van der Waals surface area contributed by atoms with Crippen LogP contribution in [0.1, 0.15) is 132 Å². The molecule has 0 bridgehead atoms. The summed E-state index contributed by atoms with van der Waals surface area (Å²) in [5, 5.41) is 4.79. The summed E-state index contributed by atoms with van der Waals surface area (Å²) in [5.74, 6) is 5.98. The van der Waals surface area contributed by atoms with Crippen LogP contribution in [0.25, 0.3) is 33.3 Å². The highest BCUT2D eigenvalue weighted by atomic mass is 16.5. The second-order valence-electron chi connectivity index (χ2n) is 20.1. The van der Waals surface area contributed by atoms with Gasteiger partial charge in [0.25, 0.3) is 6.47 Å². The number of likely N-dealkylation sites (N-methyl/N-ethyl adjacent to an activating group) is 2. The maximum Gasteiger partial charge on any atom is 0.293 e. The Balaban J connectivity index is 0.00000156. The number of hydrazine groups is 2. The summed E-state index contributed by atoms with van der Waals surface area (Å²) in [4.78, 5) is 51.7. The van der Waals surface area contributed by atoms with Gasteiger partial charge in [0.05, 0.1) is 29.6 Å². The van der Waals surface area contributed by atoms with Crippen molar-refractivity contribution in [2.75, 3.05) is 47.9 Å². The summed E-state index contributed by atoms with van der Waals surface area (Å²) < 4.78 is 7.71. The van der Waals surface area contributed by atoms with Crippen LogP contribution in [0.15, 0.2) is 86.1 Å². The zero-order valence-corrected chi connectivity index (χ0v) is 47.9. The average Bonchev–Trinajstić information content (AvgIpc) is 3.66. The highest BCUT2D eigenvalue weighted by Gasteiger charge is 2.40. The SMILES string of the molecule is C=CC=C.CC.CC(C)C(C(N)=O)N(C)C.CCC(C)c1ncccc1-c1c(CC(C)(C)COC=O)c2cc(-c3cccc(CC(C)C(=O)CCCCNN)c3)ccc2n1CC.CN.CN1CC(C)(C)N1C=O. The number of carbonyl (C=O) groups excluding carboxylic acids is 4. The minimum Gasteiger partial charge on any atom is -0.467 e. The van der Waals surface area contributed by atoms with E-state index in [1.54, 1.807) is 17.2 Å². The number of pyridine rings is 1. The second-order valence-corrected chi connectivity index (χ2v) is 20.1. The van der Waals surface area contributed by atoms with Crippen LogP contribution in [-0.2, 0) is 43.3 Å². The molecule has 14 heteroatoms. The van der Waals surface area contributed by atoms with Crippen LogP contribution in [0, 0.1) is 17.3 Å². The lowest BCUT2D eigenvalue weighted by molar-refractivity contribution is -0.188. The van der Waals surface area contributed by atoms with Gasteiger partial charge in [-0.1, -0.05) is 118 Å². The first kappa shape index (κ1) is 67.5. The number of rotatable bonds is 23. The van der Waals surface area contributed by atoms with Crippen molar-refractivity contribution in [1.82, 2.24) is 29.9 Å². The number of ether oxygens (including phenoxy) is 1. The Morgan fingerprint density at radius 1 is 0.959 bits per heavy atom. The van der Waals surface area contributed by atoms with E-state index in [1.165, 1.54) is 34.8 Å². The smallest absolute Gasteiger partial charge is 0.293 e. The van der Waals surface area contributed by atoms with Crippen molar-refractivity contribution >= 4 is 35.5 Å². The summed E-state index contributed by atoms with van der Waals surface area (Å²) in [6.07, 6.45) is 10.8. The van der Waals surface area contributed by atoms with Gasteiger partial charge >= 0.3 is 0 Å². The fraction of sp³-hybridized carbons (Fsp3) is 0.542. The number of primary amides is 1. The van der Waals surface area contributed by atoms with Gasteiger partial charge in [0, 0.05) is 67.1 Å². The van der Waals surface area contributed by atoms with E-state index in [1.807, 2.05) is 91.8 Å². The van der Waals surface area contributed by atoms with Crippen LogP contribution in [0.2, 0.25) is 0 Å². The van der Waals surface area contributed by atoms with E-state index in [2.05, 4.69) is 112 Å². The molecule has 1 fully saturated rings. The quantitative estimate of drug-likeness (QED) is 0.0182. The van der Waals surface area contributed by atoms with Gasteiger partial charge in [-0.25, -0.2) is 5.01 Å². The highest BCUT2D eigenvalue weighted by Crippen LogP contribution is 2.42. The van der Waals surface area contributed by atoms with E-state index < -0.39 is 0 Å². The molecule has 4 aromatic rings. The Bertz CT molecular complexity index is 2250. The molecule has 14 nitrogen and oxygen atoms in total. The third kappa shape index (κ3) is 21.1. The number of Topliss-reactive ketones (excluding diaryl/α,β-unsaturated/α-hetero) is 1. The predicted octanol–water partition coefficient (Wildman–Crippen LogP) is 10.1. The number of amides is 2. The molecular formula is C59H97N9O5. The molecule has 2 amide bonds. The molecule has 408 valence electrons. The molecule has 3 unspecified atom stereocenters. The number of benzene rings is 2. The number of hydrogen-bond acceptors (Lipinski definition) is 11. The van der Waals surface area contributed by atoms with Crippen LogP contribution in [0.5, 0.6) is 0 Å². The molecule has 2 aromatic carbocycles. The number of unbranched alkanes of at least 4 members (excludes halogenated alkanes) is 1. The molecule has 1 aliphatic heterocycles. The molecule has 0 radical (unpaired) electrons. The van der Waals surface area contributed by atoms with Crippen LogP contribution >= 0.6 is 0 Å². The normalized spacial score (nSPS) is 13.8. The predicted molar refractivity (Wildman–Crippen MR) is 306 cm³/mol. The van der Waals surface area contributed by atoms with E-state index in [-0.39, 0.29) is 34.7 Å². The summed E-state index contributed by atoms with van der Waals surface area (Å²) >= 11 is 0. The van der Waals surface area contributed by atoms with Crippen molar-refractivity contribution in [3.63, 3.8) is 0 Å². The zero-order valence-electron chi connectivity index (χ0n) is 47.9. The molecule has 0 spiro atoms. The van der Waals surface area contributed by atoms with Gasteiger partial charge in [-0.2, -0.15) is 0 Å². The van der Waals surface area contributed by atoms with E-state index in [9.17, 15) is 19.2 Å². The van der Waals surface area contributed by atoms with Crippen molar-refractivity contribution in [2.45, 2.75) is 146 Å². The molecule has 2 aromatic heterocycles. The van der Waals surface area contributed by atoms with E-state index in [0.717, 1.165) is 80.5 Å². The standard InChI is InChI=1S/C39H52N4O3.C7H16N2O.C6H12N2O.C4H6.C2H6.CH5N/c1-7-27(3)37-32(15-12-19-41-37)38-34(24-39(5,6)25-46-26-44)33-23-31(17-18-35(33)43(38)8-2)30-14-11-13-29(22-30)21-28(4)36(45)16-9-10-20-42-40;1-5(2)6(7(8)10)9(3)4;1-6(2)4-7(3)8(6)5-9;1-3-4-2;2*1-2/h11-15,17-19,22-23,26-28,42H,7-10,16,20-21,24-25,40H2,1-6H3;5-6H,1-4H3,(H2,8,10);5H,4H2,1-3H3;3-4H,1-2H2;1-2H3;2H2,1H3. The van der Waals surface area contributed by atoms with Gasteiger partial charge in [-0.3, -0.25) is 45.3 Å². The monoisotopic (exact) mass is 1010 g/mol. The maximum absolute atomic E-state index is 12.8. The minimum absolute atomic E-state index is 0.0358.